The molecule has 136 valence electrons. The minimum atomic E-state index is -4.69. The lowest BCUT2D eigenvalue weighted by Crippen LogP contribution is -2.17. The monoisotopic (exact) mass is 368 g/mol. The van der Waals surface area contributed by atoms with Crippen LogP contribution in [0, 0.1) is 0 Å². The van der Waals surface area contributed by atoms with Crippen molar-refractivity contribution in [3.63, 3.8) is 0 Å². The zero-order chi connectivity index (χ0) is 18.9. The predicted octanol–water partition coefficient (Wildman–Crippen LogP) is 5.65. The molecule has 4 aromatic rings. The van der Waals surface area contributed by atoms with Crippen molar-refractivity contribution in [2.75, 3.05) is 0 Å². The summed E-state index contributed by atoms with van der Waals surface area (Å²) >= 11 is 0. The van der Waals surface area contributed by atoms with E-state index in [1.807, 2.05) is 54.6 Å². The molecule has 4 rings (SSSR count). The Bertz CT molecular complexity index is 1050. The summed E-state index contributed by atoms with van der Waals surface area (Å²) in [6.07, 6.45) is -4.69. The second-order valence-corrected chi connectivity index (χ2v) is 6.07. The van der Waals surface area contributed by atoms with Gasteiger partial charge in [0.25, 0.3) is 0 Å². The summed E-state index contributed by atoms with van der Waals surface area (Å²) < 4.78 is 43.0. The van der Waals surface area contributed by atoms with Gasteiger partial charge in [0.1, 0.15) is 11.6 Å². The van der Waals surface area contributed by atoms with Gasteiger partial charge in [-0.2, -0.15) is 0 Å². The van der Waals surface area contributed by atoms with Crippen LogP contribution in [0.5, 0.6) is 5.75 Å². The Balaban J connectivity index is 1.71. The lowest BCUT2D eigenvalue weighted by atomic mass is 10.2. The molecule has 0 aliphatic rings. The summed E-state index contributed by atoms with van der Waals surface area (Å²) in [7, 11) is 0. The SMILES string of the molecule is FC(F)(F)Oc1ccc(Cn2c(-c3ccccc3)nc3ccccc32)cc1. The zero-order valence-corrected chi connectivity index (χ0v) is 14.1. The summed E-state index contributed by atoms with van der Waals surface area (Å²) in [6, 6.07) is 23.5. The molecule has 0 aliphatic heterocycles. The Morgan fingerprint density at radius 1 is 0.815 bits per heavy atom. The van der Waals surface area contributed by atoms with E-state index >= 15 is 0 Å². The maximum Gasteiger partial charge on any atom is 0.573 e. The minimum Gasteiger partial charge on any atom is -0.406 e. The molecule has 0 spiro atoms. The first-order valence-electron chi connectivity index (χ1n) is 8.35. The third-order valence-electron chi connectivity index (χ3n) is 4.18. The summed E-state index contributed by atoms with van der Waals surface area (Å²) in [6.45, 7) is 0.483. The number of nitrogens with zero attached hydrogens (tertiary/aromatic N) is 2. The van der Waals surface area contributed by atoms with E-state index in [1.165, 1.54) is 12.1 Å². The molecule has 0 saturated carbocycles. The van der Waals surface area contributed by atoms with Gasteiger partial charge < -0.3 is 9.30 Å². The largest absolute Gasteiger partial charge is 0.573 e. The van der Waals surface area contributed by atoms with Crippen LogP contribution in [-0.2, 0) is 6.54 Å². The number of imidazole rings is 1. The van der Waals surface area contributed by atoms with E-state index in [1.54, 1.807) is 12.1 Å². The third-order valence-corrected chi connectivity index (χ3v) is 4.18. The van der Waals surface area contributed by atoms with E-state index in [2.05, 4.69) is 9.30 Å². The highest BCUT2D eigenvalue weighted by Crippen LogP contribution is 2.27. The highest BCUT2D eigenvalue weighted by atomic mass is 19.4. The van der Waals surface area contributed by atoms with Gasteiger partial charge in [-0.25, -0.2) is 4.98 Å². The number of hydrogen-bond acceptors (Lipinski definition) is 2. The lowest BCUT2D eigenvalue weighted by molar-refractivity contribution is -0.274. The van der Waals surface area contributed by atoms with Crippen LogP contribution in [-0.4, -0.2) is 15.9 Å². The molecule has 3 nitrogen and oxygen atoms in total. The van der Waals surface area contributed by atoms with Gasteiger partial charge in [0, 0.05) is 12.1 Å². The Hall–Kier alpha value is -3.28. The molecule has 0 aliphatic carbocycles. The van der Waals surface area contributed by atoms with Gasteiger partial charge in [-0.15, -0.1) is 13.2 Å². The Kier molecular flexibility index (Phi) is 4.32. The molecular formula is C21H15F3N2O. The molecule has 0 atom stereocenters. The molecule has 0 unspecified atom stereocenters. The van der Waals surface area contributed by atoms with Gasteiger partial charge in [0.2, 0.25) is 0 Å². The number of rotatable bonds is 4. The number of para-hydroxylation sites is 2. The molecule has 0 bridgehead atoms. The first-order chi connectivity index (χ1) is 13.0. The number of halogens is 3. The van der Waals surface area contributed by atoms with Crippen LogP contribution in [0.25, 0.3) is 22.4 Å². The molecule has 1 aromatic heterocycles. The van der Waals surface area contributed by atoms with Crippen molar-refractivity contribution in [1.82, 2.24) is 9.55 Å². The fourth-order valence-corrected chi connectivity index (χ4v) is 3.02. The first kappa shape index (κ1) is 17.1. The maximum atomic E-state index is 12.3. The number of alkyl halides is 3. The number of ether oxygens (including phenoxy) is 1. The molecule has 0 amide bonds. The standard InChI is InChI=1S/C21H15F3N2O/c22-21(23,24)27-17-12-10-15(11-13-17)14-26-19-9-5-4-8-18(19)25-20(26)16-6-2-1-3-7-16/h1-13H,14H2. The van der Waals surface area contributed by atoms with E-state index < -0.39 is 6.36 Å². The van der Waals surface area contributed by atoms with Crippen molar-refractivity contribution in [2.45, 2.75) is 12.9 Å². The third kappa shape index (κ3) is 3.79. The van der Waals surface area contributed by atoms with Gasteiger partial charge in [-0.3, -0.25) is 0 Å². The van der Waals surface area contributed by atoms with Crippen LogP contribution >= 0.6 is 0 Å². The van der Waals surface area contributed by atoms with E-state index in [9.17, 15) is 13.2 Å². The van der Waals surface area contributed by atoms with Crippen molar-refractivity contribution in [3.8, 4) is 17.1 Å². The molecular weight excluding hydrogens is 353 g/mol. The van der Waals surface area contributed by atoms with Crippen LogP contribution in [0.1, 0.15) is 5.56 Å². The highest BCUT2D eigenvalue weighted by molar-refractivity contribution is 5.80. The average Bonchev–Trinajstić information content (AvgIpc) is 3.01. The first-order valence-corrected chi connectivity index (χ1v) is 8.35. The van der Waals surface area contributed by atoms with Gasteiger partial charge in [-0.05, 0) is 29.8 Å². The summed E-state index contributed by atoms with van der Waals surface area (Å²) in [5.74, 6) is 0.581. The molecule has 3 aromatic carbocycles. The molecule has 0 radical (unpaired) electrons. The summed E-state index contributed by atoms with van der Waals surface area (Å²) in [5, 5.41) is 0. The maximum absolute atomic E-state index is 12.3. The molecule has 1 heterocycles. The highest BCUT2D eigenvalue weighted by Gasteiger charge is 2.30. The molecule has 0 N–H and O–H groups in total. The fraction of sp³-hybridized carbons (Fsp3) is 0.0952. The fourth-order valence-electron chi connectivity index (χ4n) is 3.02. The number of hydrogen-bond donors (Lipinski definition) is 0. The average molecular weight is 368 g/mol. The molecule has 27 heavy (non-hydrogen) atoms. The van der Waals surface area contributed by atoms with Crippen LogP contribution in [0.2, 0.25) is 0 Å². The smallest absolute Gasteiger partial charge is 0.406 e. The predicted molar refractivity (Wildman–Crippen MR) is 97.4 cm³/mol. The summed E-state index contributed by atoms with van der Waals surface area (Å²) in [4.78, 5) is 4.73. The van der Waals surface area contributed by atoms with Gasteiger partial charge in [-0.1, -0.05) is 54.6 Å². The van der Waals surface area contributed by atoms with Crippen LogP contribution in [0.15, 0.2) is 78.9 Å². The molecule has 0 saturated heterocycles. The Morgan fingerprint density at radius 2 is 1.48 bits per heavy atom. The number of aromatic nitrogens is 2. The van der Waals surface area contributed by atoms with Crippen molar-refractivity contribution < 1.29 is 17.9 Å². The second kappa shape index (κ2) is 6.79. The Labute approximate surface area is 153 Å². The zero-order valence-electron chi connectivity index (χ0n) is 14.1. The van der Waals surface area contributed by atoms with Crippen LogP contribution < -0.4 is 4.74 Å². The van der Waals surface area contributed by atoms with E-state index in [4.69, 9.17) is 4.98 Å². The minimum absolute atomic E-state index is 0.231. The topological polar surface area (TPSA) is 27.1 Å². The lowest BCUT2D eigenvalue weighted by Gasteiger charge is -2.12. The van der Waals surface area contributed by atoms with Gasteiger partial charge in [0.15, 0.2) is 0 Å². The van der Waals surface area contributed by atoms with Crippen molar-refractivity contribution in [1.29, 1.82) is 0 Å². The normalized spacial score (nSPS) is 11.7. The van der Waals surface area contributed by atoms with Gasteiger partial charge >= 0.3 is 6.36 Å². The van der Waals surface area contributed by atoms with Crippen LogP contribution in [0.4, 0.5) is 13.2 Å². The van der Waals surface area contributed by atoms with Crippen molar-refractivity contribution in [2.24, 2.45) is 0 Å². The van der Waals surface area contributed by atoms with Crippen molar-refractivity contribution >= 4 is 11.0 Å². The van der Waals surface area contributed by atoms with Gasteiger partial charge in [0.05, 0.1) is 11.0 Å². The summed E-state index contributed by atoms with van der Waals surface area (Å²) in [5.41, 5.74) is 3.66. The van der Waals surface area contributed by atoms with E-state index in [0.29, 0.717) is 6.54 Å². The molecule has 6 heteroatoms. The number of benzene rings is 3. The molecule has 0 fully saturated rings. The van der Waals surface area contributed by atoms with Crippen LogP contribution in [0.3, 0.4) is 0 Å². The second-order valence-electron chi connectivity index (χ2n) is 6.07. The number of fused-ring (bicyclic) bond motifs is 1. The van der Waals surface area contributed by atoms with E-state index in [0.717, 1.165) is 28.0 Å². The quantitative estimate of drug-likeness (QED) is 0.465. The Morgan fingerprint density at radius 3 is 2.19 bits per heavy atom. The van der Waals surface area contributed by atoms with E-state index in [-0.39, 0.29) is 5.75 Å². The van der Waals surface area contributed by atoms with Crippen molar-refractivity contribution in [3.05, 3.63) is 84.4 Å².